The molecule has 0 radical (unpaired) electrons. The van der Waals surface area contributed by atoms with Gasteiger partial charge >= 0.3 is 0 Å². The number of piperidine rings is 1. The molecule has 1 aliphatic carbocycles. The van der Waals surface area contributed by atoms with Gasteiger partial charge in [0.25, 0.3) is 0 Å². The second kappa shape index (κ2) is 7.20. The molecule has 130 valence electrons. The topological polar surface area (TPSA) is 61.4 Å². The molecule has 0 aromatic heterocycles. The van der Waals surface area contributed by atoms with E-state index in [0.29, 0.717) is 25.0 Å². The van der Waals surface area contributed by atoms with Gasteiger partial charge in [0.1, 0.15) is 0 Å². The molecule has 1 saturated carbocycles. The Bertz CT molecular complexity index is 446. The maximum Gasteiger partial charge on any atom is 0.225 e. The van der Waals surface area contributed by atoms with E-state index < -0.39 is 0 Å². The predicted octanol–water partition coefficient (Wildman–Crippen LogP) is 1.67. The Kier molecular flexibility index (Phi) is 5.24. The maximum atomic E-state index is 12.6. The monoisotopic (exact) mass is 321 g/mol. The van der Waals surface area contributed by atoms with Crippen LogP contribution in [0, 0.1) is 11.8 Å². The summed E-state index contributed by atoms with van der Waals surface area (Å²) in [6.07, 6.45) is 7.14. The third kappa shape index (κ3) is 3.87. The quantitative estimate of drug-likeness (QED) is 0.831. The predicted molar refractivity (Wildman–Crippen MR) is 89.9 cm³/mol. The largest absolute Gasteiger partial charge is 0.352 e. The minimum atomic E-state index is -0.157. The molecule has 2 amide bonds. The lowest BCUT2D eigenvalue weighted by atomic mass is 9.86. The van der Waals surface area contributed by atoms with E-state index in [0.717, 1.165) is 38.1 Å². The van der Waals surface area contributed by atoms with Crippen LogP contribution in [0.15, 0.2) is 0 Å². The van der Waals surface area contributed by atoms with Crippen molar-refractivity contribution < 1.29 is 9.59 Å². The number of nitrogens with zero attached hydrogens (tertiary/aromatic N) is 1. The summed E-state index contributed by atoms with van der Waals surface area (Å²) >= 11 is 0. The molecule has 3 fully saturated rings. The molecular weight excluding hydrogens is 290 g/mol. The summed E-state index contributed by atoms with van der Waals surface area (Å²) in [5.74, 6) is 0.879. The van der Waals surface area contributed by atoms with Gasteiger partial charge in [-0.05, 0) is 57.9 Å². The van der Waals surface area contributed by atoms with Crippen LogP contribution in [0.2, 0.25) is 0 Å². The SMILES string of the molecule is CC1CCC(N2CC(C(=O)NC3CCCNC3C)CC2=O)CC1. The first kappa shape index (κ1) is 16.7. The van der Waals surface area contributed by atoms with Crippen LogP contribution in [0.4, 0.5) is 0 Å². The summed E-state index contributed by atoms with van der Waals surface area (Å²) in [5.41, 5.74) is 0. The third-order valence-corrected chi connectivity index (χ3v) is 6.04. The highest BCUT2D eigenvalue weighted by Gasteiger charge is 2.39. The Morgan fingerprint density at radius 2 is 1.91 bits per heavy atom. The lowest BCUT2D eigenvalue weighted by molar-refractivity contribution is -0.131. The Labute approximate surface area is 139 Å². The van der Waals surface area contributed by atoms with Crippen molar-refractivity contribution in [3.05, 3.63) is 0 Å². The lowest BCUT2D eigenvalue weighted by Gasteiger charge is -2.34. The second-order valence-electron chi connectivity index (χ2n) is 7.86. The molecule has 3 aliphatic rings. The van der Waals surface area contributed by atoms with Gasteiger partial charge in [-0.1, -0.05) is 6.92 Å². The Balaban J connectivity index is 1.53. The summed E-state index contributed by atoms with van der Waals surface area (Å²) in [6.45, 7) is 6.07. The summed E-state index contributed by atoms with van der Waals surface area (Å²) in [4.78, 5) is 26.9. The van der Waals surface area contributed by atoms with Crippen molar-refractivity contribution in [2.75, 3.05) is 13.1 Å². The average Bonchev–Trinajstić information content (AvgIpc) is 2.92. The molecule has 0 spiro atoms. The Morgan fingerprint density at radius 3 is 2.61 bits per heavy atom. The van der Waals surface area contributed by atoms with Crippen molar-refractivity contribution in [2.24, 2.45) is 11.8 Å². The molecule has 2 aliphatic heterocycles. The molecule has 2 heterocycles. The minimum Gasteiger partial charge on any atom is -0.352 e. The Hall–Kier alpha value is -1.10. The van der Waals surface area contributed by atoms with Crippen molar-refractivity contribution >= 4 is 11.8 Å². The molecule has 5 nitrogen and oxygen atoms in total. The smallest absolute Gasteiger partial charge is 0.225 e. The van der Waals surface area contributed by atoms with Gasteiger partial charge in [0.15, 0.2) is 0 Å². The molecule has 23 heavy (non-hydrogen) atoms. The van der Waals surface area contributed by atoms with Gasteiger partial charge in [-0.2, -0.15) is 0 Å². The van der Waals surface area contributed by atoms with Gasteiger partial charge < -0.3 is 15.5 Å². The number of hydrogen-bond acceptors (Lipinski definition) is 3. The molecule has 2 saturated heterocycles. The fourth-order valence-corrected chi connectivity index (χ4v) is 4.36. The highest BCUT2D eigenvalue weighted by Crippen LogP contribution is 2.31. The van der Waals surface area contributed by atoms with Crippen molar-refractivity contribution in [3.8, 4) is 0 Å². The minimum absolute atomic E-state index is 0.0746. The number of likely N-dealkylation sites (tertiary alicyclic amines) is 1. The maximum absolute atomic E-state index is 12.6. The van der Waals surface area contributed by atoms with Crippen LogP contribution in [-0.4, -0.2) is 47.9 Å². The van der Waals surface area contributed by atoms with E-state index in [2.05, 4.69) is 24.5 Å². The molecule has 0 bridgehead atoms. The molecule has 3 rings (SSSR count). The summed E-state index contributed by atoms with van der Waals surface area (Å²) in [5, 5.41) is 6.59. The Morgan fingerprint density at radius 1 is 1.17 bits per heavy atom. The van der Waals surface area contributed by atoms with Gasteiger partial charge in [-0.25, -0.2) is 0 Å². The first-order valence-electron chi connectivity index (χ1n) is 9.38. The van der Waals surface area contributed by atoms with Crippen LogP contribution in [0.25, 0.3) is 0 Å². The van der Waals surface area contributed by atoms with E-state index in [9.17, 15) is 9.59 Å². The average molecular weight is 321 g/mol. The van der Waals surface area contributed by atoms with Crippen LogP contribution in [0.1, 0.15) is 58.8 Å². The summed E-state index contributed by atoms with van der Waals surface area (Å²) in [6, 6.07) is 0.892. The number of amides is 2. The highest BCUT2D eigenvalue weighted by molar-refractivity contribution is 5.89. The van der Waals surface area contributed by atoms with E-state index in [1.165, 1.54) is 12.8 Å². The zero-order valence-electron chi connectivity index (χ0n) is 14.5. The normalized spacial score (nSPS) is 38.6. The standard InChI is InChI=1S/C18H31N3O2/c1-12-5-7-15(8-6-12)21-11-14(10-17(21)22)18(23)20-16-4-3-9-19-13(16)2/h12-16,19H,3-11H2,1-2H3,(H,20,23). The number of nitrogens with one attached hydrogen (secondary N) is 2. The molecule has 0 aromatic rings. The molecule has 2 N–H and O–H groups in total. The fraction of sp³-hybridized carbons (Fsp3) is 0.889. The number of hydrogen-bond donors (Lipinski definition) is 2. The molecule has 3 atom stereocenters. The molecule has 3 unspecified atom stereocenters. The zero-order chi connectivity index (χ0) is 16.4. The molecule has 0 aromatic carbocycles. The van der Waals surface area contributed by atoms with Gasteiger partial charge in [-0.15, -0.1) is 0 Å². The van der Waals surface area contributed by atoms with E-state index in [1.54, 1.807) is 0 Å². The summed E-state index contributed by atoms with van der Waals surface area (Å²) in [7, 11) is 0. The van der Waals surface area contributed by atoms with Crippen molar-refractivity contribution in [3.63, 3.8) is 0 Å². The molecule has 5 heteroatoms. The summed E-state index contributed by atoms with van der Waals surface area (Å²) < 4.78 is 0. The number of carbonyl (C=O) groups is 2. The third-order valence-electron chi connectivity index (χ3n) is 6.04. The van der Waals surface area contributed by atoms with Crippen molar-refractivity contribution in [1.29, 1.82) is 0 Å². The van der Waals surface area contributed by atoms with Gasteiger partial charge in [0.05, 0.1) is 5.92 Å². The van der Waals surface area contributed by atoms with Crippen LogP contribution in [0.5, 0.6) is 0 Å². The van der Waals surface area contributed by atoms with Crippen LogP contribution in [0.3, 0.4) is 0 Å². The van der Waals surface area contributed by atoms with Crippen LogP contribution >= 0.6 is 0 Å². The van der Waals surface area contributed by atoms with Gasteiger partial charge in [0, 0.05) is 31.1 Å². The second-order valence-corrected chi connectivity index (χ2v) is 7.86. The van der Waals surface area contributed by atoms with E-state index >= 15 is 0 Å². The molecular formula is C18H31N3O2. The van der Waals surface area contributed by atoms with Crippen molar-refractivity contribution in [1.82, 2.24) is 15.5 Å². The number of carbonyl (C=O) groups excluding carboxylic acids is 2. The van der Waals surface area contributed by atoms with Crippen LogP contribution in [-0.2, 0) is 9.59 Å². The van der Waals surface area contributed by atoms with E-state index in [4.69, 9.17) is 0 Å². The highest BCUT2D eigenvalue weighted by atomic mass is 16.2. The fourth-order valence-electron chi connectivity index (χ4n) is 4.36. The van der Waals surface area contributed by atoms with Gasteiger partial charge in [-0.3, -0.25) is 9.59 Å². The van der Waals surface area contributed by atoms with Crippen LogP contribution < -0.4 is 10.6 Å². The lowest BCUT2D eigenvalue weighted by Crippen LogP contribution is -2.53. The van der Waals surface area contributed by atoms with Gasteiger partial charge in [0.2, 0.25) is 11.8 Å². The van der Waals surface area contributed by atoms with E-state index in [-0.39, 0.29) is 23.8 Å². The van der Waals surface area contributed by atoms with Crippen molar-refractivity contribution in [2.45, 2.75) is 76.9 Å². The zero-order valence-corrected chi connectivity index (χ0v) is 14.5. The van der Waals surface area contributed by atoms with E-state index in [1.807, 2.05) is 4.90 Å². The first-order chi connectivity index (χ1) is 11.0. The first-order valence-corrected chi connectivity index (χ1v) is 9.38. The number of rotatable bonds is 3.